The fraction of sp³-hybridized carbons (Fsp3) is 0.235. The summed E-state index contributed by atoms with van der Waals surface area (Å²) in [6.07, 6.45) is 1.38. The third kappa shape index (κ3) is 4.89. The van der Waals surface area contributed by atoms with Crippen LogP contribution in [0.4, 0.5) is 0 Å². The number of halogens is 1. The highest BCUT2D eigenvalue weighted by molar-refractivity contribution is 9.10. The zero-order valence-corrected chi connectivity index (χ0v) is 16.9. The summed E-state index contributed by atoms with van der Waals surface area (Å²) in [6.45, 7) is 2.36. The van der Waals surface area contributed by atoms with Crippen molar-refractivity contribution in [3.63, 3.8) is 0 Å². The van der Waals surface area contributed by atoms with E-state index in [0.29, 0.717) is 33.9 Å². The van der Waals surface area contributed by atoms with E-state index in [0.717, 1.165) is 0 Å². The lowest BCUT2D eigenvalue weighted by Gasteiger charge is -2.12. The Bertz CT molecular complexity index is 883. The maximum atomic E-state index is 12.2. The molecule has 0 saturated heterocycles. The first-order valence-corrected chi connectivity index (χ1v) is 9.88. The lowest BCUT2D eigenvalue weighted by Crippen LogP contribution is -2.18. The lowest BCUT2D eigenvalue weighted by atomic mass is 10.2. The van der Waals surface area contributed by atoms with Crippen molar-refractivity contribution in [2.45, 2.75) is 11.8 Å². The van der Waals surface area contributed by atoms with Crippen LogP contribution in [0.5, 0.6) is 17.2 Å². The highest BCUT2D eigenvalue weighted by Gasteiger charge is 2.13. The van der Waals surface area contributed by atoms with Gasteiger partial charge in [-0.05, 0) is 64.8 Å². The van der Waals surface area contributed by atoms with E-state index in [1.807, 2.05) is 6.92 Å². The molecule has 2 aromatic carbocycles. The Morgan fingerprint density at radius 2 is 1.85 bits per heavy atom. The van der Waals surface area contributed by atoms with Crippen molar-refractivity contribution in [2.24, 2.45) is 5.10 Å². The molecule has 0 spiro atoms. The summed E-state index contributed by atoms with van der Waals surface area (Å²) in [5.74, 6) is 1.66. The normalized spacial score (nSPS) is 11.4. The molecular weight excluding hydrogens is 424 g/mol. The number of hydrazone groups is 1. The number of sulfonamides is 1. The summed E-state index contributed by atoms with van der Waals surface area (Å²) >= 11 is 3.40. The molecule has 2 rings (SSSR count). The van der Waals surface area contributed by atoms with E-state index in [1.54, 1.807) is 24.3 Å². The number of hydrogen-bond donors (Lipinski definition) is 1. The van der Waals surface area contributed by atoms with E-state index in [1.165, 1.54) is 32.6 Å². The Hall–Kier alpha value is -2.26. The van der Waals surface area contributed by atoms with Crippen LogP contribution in [0.15, 0.2) is 50.9 Å². The Labute approximate surface area is 161 Å². The minimum Gasteiger partial charge on any atom is -0.497 e. The molecule has 140 valence electrons. The second-order valence-corrected chi connectivity index (χ2v) is 7.51. The van der Waals surface area contributed by atoms with Crippen molar-refractivity contribution in [1.82, 2.24) is 4.83 Å². The van der Waals surface area contributed by atoms with Crippen molar-refractivity contribution in [3.8, 4) is 17.2 Å². The Balaban J connectivity index is 2.17. The van der Waals surface area contributed by atoms with E-state index in [4.69, 9.17) is 14.2 Å². The molecule has 0 fully saturated rings. The topological polar surface area (TPSA) is 86.2 Å². The molecule has 0 amide bonds. The van der Waals surface area contributed by atoms with E-state index < -0.39 is 10.0 Å². The molecule has 2 aromatic rings. The van der Waals surface area contributed by atoms with Gasteiger partial charge < -0.3 is 14.2 Å². The Kier molecular flexibility index (Phi) is 6.87. The number of rotatable bonds is 8. The molecule has 0 saturated carbocycles. The molecular formula is C17H19BrN2O5S. The van der Waals surface area contributed by atoms with Crippen LogP contribution in [0, 0.1) is 0 Å². The standard InChI is InChI=1S/C17H19BrN2O5S/c1-4-25-17-15(18)9-12(10-16(17)24-3)11-19-20-26(21,22)14-7-5-13(23-2)6-8-14/h5-11,20H,4H2,1-3H3/b19-11+. The molecule has 0 radical (unpaired) electrons. The van der Waals surface area contributed by atoms with Gasteiger partial charge in [-0.2, -0.15) is 13.5 Å². The van der Waals surface area contributed by atoms with Crippen molar-refractivity contribution >= 4 is 32.2 Å². The highest BCUT2D eigenvalue weighted by Crippen LogP contribution is 2.36. The van der Waals surface area contributed by atoms with E-state index in [-0.39, 0.29) is 4.90 Å². The summed E-state index contributed by atoms with van der Waals surface area (Å²) < 4.78 is 41.0. The molecule has 0 aliphatic heterocycles. The van der Waals surface area contributed by atoms with Crippen LogP contribution in [-0.4, -0.2) is 35.5 Å². The first-order valence-electron chi connectivity index (χ1n) is 7.60. The van der Waals surface area contributed by atoms with Crippen molar-refractivity contribution in [3.05, 3.63) is 46.4 Å². The number of nitrogens with one attached hydrogen (secondary N) is 1. The molecule has 1 N–H and O–H groups in total. The van der Waals surface area contributed by atoms with E-state index in [2.05, 4.69) is 25.9 Å². The fourth-order valence-electron chi connectivity index (χ4n) is 2.08. The Morgan fingerprint density at radius 3 is 2.42 bits per heavy atom. The Morgan fingerprint density at radius 1 is 1.15 bits per heavy atom. The molecule has 0 bridgehead atoms. The molecule has 0 aromatic heterocycles. The number of benzene rings is 2. The number of hydrogen-bond acceptors (Lipinski definition) is 6. The van der Waals surface area contributed by atoms with Crippen LogP contribution in [0.3, 0.4) is 0 Å². The van der Waals surface area contributed by atoms with Gasteiger partial charge in [0.05, 0.1) is 36.4 Å². The largest absolute Gasteiger partial charge is 0.497 e. The first-order chi connectivity index (χ1) is 12.4. The first kappa shape index (κ1) is 20.1. The second kappa shape index (κ2) is 8.91. The molecule has 0 aliphatic rings. The van der Waals surface area contributed by atoms with Crippen molar-refractivity contribution < 1.29 is 22.6 Å². The molecule has 0 aliphatic carbocycles. The number of ether oxygens (including phenoxy) is 3. The van der Waals surface area contributed by atoms with Crippen LogP contribution >= 0.6 is 15.9 Å². The van der Waals surface area contributed by atoms with Crippen LogP contribution in [-0.2, 0) is 10.0 Å². The highest BCUT2D eigenvalue weighted by atomic mass is 79.9. The maximum absolute atomic E-state index is 12.2. The van der Waals surface area contributed by atoms with E-state index in [9.17, 15) is 8.42 Å². The molecule has 0 heterocycles. The zero-order chi connectivity index (χ0) is 19.2. The molecule has 26 heavy (non-hydrogen) atoms. The second-order valence-electron chi connectivity index (χ2n) is 5.00. The van der Waals surface area contributed by atoms with Crippen LogP contribution in [0.2, 0.25) is 0 Å². The molecule has 0 unspecified atom stereocenters. The third-order valence-corrected chi connectivity index (χ3v) is 5.12. The van der Waals surface area contributed by atoms with Crippen molar-refractivity contribution in [1.29, 1.82) is 0 Å². The number of nitrogens with zero attached hydrogens (tertiary/aromatic N) is 1. The smallest absolute Gasteiger partial charge is 0.276 e. The van der Waals surface area contributed by atoms with Gasteiger partial charge in [0.25, 0.3) is 10.0 Å². The fourth-order valence-corrected chi connectivity index (χ4v) is 3.44. The van der Waals surface area contributed by atoms with Gasteiger partial charge in [-0.15, -0.1) is 0 Å². The molecule has 7 nitrogen and oxygen atoms in total. The summed E-state index contributed by atoms with van der Waals surface area (Å²) in [5, 5.41) is 3.81. The van der Waals surface area contributed by atoms with Crippen LogP contribution < -0.4 is 19.0 Å². The minimum atomic E-state index is -3.77. The maximum Gasteiger partial charge on any atom is 0.276 e. The number of methoxy groups -OCH3 is 2. The quantitative estimate of drug-likeness (QED) is 0.501. The summed E-state index contributed by atoms with van der Waals surface area (Å²) in [4.78, 5) is 2.26. The third-order valence-electron chi connectivity index (χ3n) is 3.30. The zero-order valence-electron chi connectivity index (χ0n) is 14.5. The monoisotopic (exact) mass is 442 g/mol. The average Bonchev–Trinajstić information content (AvgIpc) is 2.63. The lowest BCUT2D eigenvalue weighted by molar-refractivity contribution is 0.309. The predicted molar refractivity (Wildman–Crippen MR) is 103 cm³/mol. The van der Waals surface area contributed by atoms with E-state index >= 15 is 0 Å². The molecule has 0 atom stereocenters. The predicted octanol–water partition coefficient (Wildman–Crippen LogP) is 3.18. The van der Waals surface area contributed by atoms with Gasteiger partial charge in [-0.25, -0.2) is 4.83 Å². The van der Waals surface area contributed by atoms with Crippen molar-refractivity contribution in [2.75, 3.05) is 20.8 Å². The van der Waals surface area contributed by atoms with Gasteiger partial charge in [-0.3, -0.25) is 0 Å². The molecule has 9 heteroatoms. The summed E-state index contributed by atoms with van der Waals surface area (Å²) in [5.41, 5.74) is 0.634. The van der Waals surface area contributed by atoms with Gasteiger partial charge in [0.15, 0.2) is 11.5 Å². The van der Waals surface area contributed by atoms with Crippen LogP contribution in [0.25, 0.3) is 0 Å². The van der Waals surface area contributed by atoms with Gasteiger partial charge in [0.1, 0.15) is 5.75 Å². The van der Waals surface area contributed by atoms with Gasteiger partial charge in [0.2, 0.25) is 0 Å². The summed E-state index contributed by atoms with van der Waals surface area (Å²) in [7, 11) is -0.735. The van der Waals surface area contributed by atoms with Gasteiger partial charge in [0, 0.05) is 0 Å². The SMILES string of the molecule is CCOc1c(Br)cc(/C=N/NS(=O)(=O)c2ccc(OC)cc2)cc1OC. The van der Waals surface area contributed by atoms with Gasteiger partial charge >= 0.3 is 0 Å². The average molecular weight is 443 g/mol. The summed E-state index contributed by atoms with van der Waals surface area (Å²) in [6, 6.07) is 9.44. The van der Waals surface area contributed by atoms with Crippen LogP contribution in [0.1, 0.15) is 12.5 Å². The minimum absolute atomic E-state index is 0.0842. The van der Waals surface area contributed by atoms with Gasteiger partial charge in [-0.1, -0.05) is 0 Å².